The number of carboxylic acid groups (broad SMARTS) is 1. The number of carboxylic acids is 1. The van der Waals surface area contributed by atoms with E-state index in [-0.39, 0.29) is 31.4 Å². The van der Waals surface area contributed by atoms with Gasteiger partial charge in [-0.2, -0.15) is 0 Å². The molecule has 0 bridgehead atoms. The number of aliphatic carboxylic acids is 1. The van der Waals surface area contributed by atoms with E-state index < -0.39 is 11.9 Å². The van der Waals surface area contributed by atoms with Crippen molar-refractivity contribution in [2.75, 3.05) is 31.1 Å². The molecule has 7 heteroatoms. The van der Waals surface area contributed by atoms with Crippen LogP contribution in [0.25, 0.3) is 0 Å². The highest BCUT2D eigenvalue weighted by molar-refractivity contribution is 5.99. The third-order valence-electron chi connectivity index (χ3n) is 3.94. The highest BCUT2D eigenvalue weighted by atomic mass is 16.4. The lowest BCUT2D eigenvalue weighted by molar-refractivity contribution is -0.312. The fourth-order valence-corrected chi connectivity index (χ4v) is 2.67. The van der Waals surface area contributed by atoms with Crippen molar-refractivity contribution in [3.8, 4) is 0 Å². The molecule has 2 N–H and O–H groups in total. The highest BCUT2D eigenvalue weighted by Crippen LogP contribution is 2.18. The Morgan fingerprint density at radius 1 is 1.26 bits per heavy atom. The minimum atomic E-state index is -1.14. The molecule has 0 aromatic heterocycles. The number of benzene rings is 1. The fraction of sp³-hybridized carbons (Fsp3) is 0.438. The summed E-state index contributed by atoms with van der Waals surface area (Å²) in [4.78, 5) is 38.3. The number of amides is 2. The van der Waals surface area contributed by atoms with Gasteiger partial charge in [0.15, 0.2) is 0 Å². The second-order valence-electron chi connectivity index (χ2n) is 5.52. The van der Waals surface area contributed by atoms with E-state index in [1.807, 2.05) is 6.07 Å². The summed E-state index contributed by atoms with van der Waals surface area (Å²) in [6, 6.07) is 8.79. The number of piperidine rings is 1. The third kappa shape index (κ3) is 4.29. The molecule has 0 saturated carbocycles. The van der Waals surface area contributed by atoms with Crippen LogP contribution in [0.1, 0.15) is 12.8 Å². The van der Waals surface area contributed by atoms with Crippen molar-refractivity contribution in [3.63, 3.8) is 0 Å². The molecule has 1 saturated heterocycles. The Kier molecular flexibility index (Phi) is 5.70. The average molecular weight is 318 g/mol. The van der Waals surface area contributed by atoms with E-state index in [9.17, 15) is 19.5 Å². The van der Waals surface area contributed by atoms with Crippen LogP contribution >= 0.6 is 0 Å². The first-order valence-corrected chi connectivity index (χ1v) is 7.57. The number of anilines is 1. The Morgan fingerprint density at radius 3 is 2.57 bits per heavy atom. The van der Waals surface area contributed by atoms with Crippen LogP contribution in [0.3, 0.4) is 0 Å². The Hall–Kier alpha value is -2.41. The summed E-state index contributed by atoms with van der Waals surface area (Å²) in [5, 5.41) is 11.0. The maximum absolute atomic E-state index is 12.4. The minimum absolute atomic E-state index is 0.126. The zero-order valence-corrected chi connectivity index (χ0v) is 12.8. The zero-order chi connectivity index (χ0) is 16.8. The molecule has 2 amide bonds. The SMILES string of the molecule is NCC(=O)N(CC(=O)N1CCCC(C(=O)[O-])C1)c1ccccc1. The summed E-state index contributed by atoms with van der Waals surface area (Å²) in [6.45, 7) is 0.256. The first-order chi connectivity index (χ1) is 11.0. The van der Waals surface area contributed by atoms with Crippen LogP contribution in [-0.2, 0) is 14.4 Å². The first-order valence-electron chi connectivity index (χ1n) is 7.57. The number of likely N-dealkylation sites (tertiary alicyclic amines) is 1. The van der Waals surface area contributed by atoms with Gasteiger partial charge >= 0.3 is 0 Å². The Morgan fingerprint density at radius 2 is 1.96 bits per heavy atom. The van der Waals surface area contributed by atoms with E-state index in [1.165, 1.54) is 9.80 Å². The van der Waals surface area contributed by atoms with E-state index in [0.29, 0.717) is 25.1 Å². The van der Waals surface area contributed by atoms with Crippen LogP contribution in [0, 0.1) is 5.92 Å². The number of rotatable bonds is 5. The van der Waals surface area contributed by atoms with Crippen LogP contribution in [0.15, 0.2) is 30.3 Å². The second kappa shape index (κ2) is 7.73. The van der Waals surface area contributed by atoms with Gasteiger partial charge in [0.2, 0.25) is 11.8 Å². The fourth-order valence-electron chi connectivity index (χ4n) is 2.67. The first kappa shape index (κ1) is 17.0. The van der Waals surface area contributed by atoms with Crippen LogP contribution in [0.2, 0.25) is 0 Å². The number of carbonyl (C=O) groups excluding carboxylic acids is 3. The molecule has 1 aromatic carbocycles. The van der Waals surface area contributed by atoms with Gasteiger partial charge in [0, 0.05) is 30.7 Å². The van der Waals surface area contributed by atoms with Crippen LogP contribution < -0.4 is 15.7 Å². The number of hydrogen-bond acceptors (Lipinski definition) is 5. The number of para-hydroxylation sites is 1. The summed E-state index contributed by atoms with van der Waals surface area (Å²) in [7, 11) is 0. The van der Waals surface area contributed by atoms with Crippen molar-refractivity contribution in [2.45, 2.75) is 12.8 Å². The molecule has 1 aliphatic rings. The molecular weight excluding hydrogens is 298 g/mol. The maximum atomic E-state index is 12.4. The monoisotopic (exact) mass is 318 g/mol. The standard InChI is InChI=1S/C16H21N3O4/c17-9-14(20)19(13-6-2-1-3-7-13)11-15(21)18-8-4-5-12(10-18)16(22)23/h1-3,6-7,12H,4-5,8-11,17H2,(H,22,23)/p-1. The summed E-state index contributed by atoms with van der Waals surface area (Å²) in [6.07, 6.45) is 1.12. The molecule has 7 nitrogen and oxygen atoms in total. The van der Waals surface area contributed by atoms with Gasteiger partial charge < -0.3 is 25.4 Å². The largest absolute Gasteiger partial charge is 0.550 e. The van der Waals surface area contributed by atoms with Crippen molar-refractivity contribution in [3.05, 3.63) is 30.3 Å². The Bertz CT molecular complexity index is 576. The summed E-state index contributed by atoms with van der Waals surface area (Å²) in [5.41, 5.74) is 6.01. The summed E-state index contributed by atoms with van der Waals surface area (Å²) < 4.78 is 0. The van der Waals surface area contributed by atoms with Crippen molar-refractivity contribution in [1.82, 2.24) is 4.90 Å². The van der Waals surface area contributed by atoms with Gasteiger partial charge in [0.05, 0.1) is 6.54 Å². The van der Waals surface area contributed by atoms with Crippen LogP contribution in [0.5, 0.6) is 0 Å². The lowest BCUT2D eigenvalue weighted by atomic mass is 9.98. The van der Waals surface area contributed by atoms with E-state index in [2.05, 4.69) is 0 Å². The van der Waals surface area contributed by atoms with Gasteiger partial charge in [0.25, 0.3) is 0 Å². The maximum Gasteiger partial charge on any atom is 0.242 e. The molecule has 2 rings (SSSR count). The molecule has 1 atom stereocenters. The van der Waals surface area contributed by atoms with E-state index in [0.717, 1.165) is 0 Å². The molecule has 1 fully saturated rings. The summed E-state index contributed by atoms with van der Waals surface area (Å²) in [5.74, 6) is -2.44. The summed E-state index contributed by atoms with van der Waals surface area (Å²) >= 11 is 0. The van der Waals surface area contributed by atoms with Crippen LogP contribution in [-0.4, -0.2) is 48.9 Å². The van der Waals surface area contributed by atoms with Gasteiger partial charge in [-0.1, -0.05) is 18.2 Å². The second-order valence-corrected chi connectivity index (χ2v) is 5.52. The predicted molar refractivity (Wildman–Crippen MR) is 82.2 cm³/mol. The average Bonchev–Trinajstić information content (AvgIpc) is 2.59. The molecule has 124 valence electrons. The smallest absolute Gasteiger partial charge is 0.242 e. The molecular formula is C16H20N3O4-. The molecule has 1 aliphatic heterocycles. The molecule has 0 spiro atoms. The minimum Gasteiger partial charge on any atom is -0.550 e. The molecule has 1 aromatic rings. The quantitative estimate of drug-likeness (QED) is 0.747. The number of nitrogens with zero attached hydrogens (tertiary/aromatic N) is 2. The van der Waals surface area contributed by atoms with Gasteiger partial charge in [-0.15, -0.1) is 0 Å². The van der Waals surface area contributed by atoms with E-state index >= 15 is 0 Å². The van der Waals surface area contributed by atoms with Crippen LogP contribution in [0.4, 0.5) is 5.69 Å². The zero-order valence-electron chi connectivity index (χ0n) is 12.8. The van der Waals surface area contributed by atoms with Crippen molar-refractivity contribution >= 4 is 23.5 Å². The lowest BCUT2D eigenvalue weighted by Gasteiger charge is -2.34. The molecule has 1 unspecified atom stereocenters. The highest BCUT2D eigenvalue weighted by Gasteiger charge is 2.27. The normalized spacial score (nSPS) is 17.6. The number of hydrogen-bond donors (Lipinski definition) is 1. The predicted octanol–water partition coefficient (Wildman–Crippen LogP) is -1.03. The molecule has 0 radical (unpaired) electrons. The van der Waals surface area contributed by atoms with Gasteiger partial charge in [-0.05, 0) is 25.0 Å². The van der Waals surface area contributed by atoms with E-state index in [1.54, 1.807) is 24.3 Å². The number of carbonyl (C=O) groups is 3. The number of nitrogens with two attached hydrogens (primary N) is 1. The topological polar surface area (TPSA) is 107 Å². The van der Waals surface area contributed by atoms with E-state index in [4.69, 9.17) is 5.73 Å². The van der Waals surface area contributed by atoms with Crippen molar-refractivity contribution in [2.24, 2.45) is 11.7 Å². The molecule has 0 aliphatic carbocycles. The third-order valence-corrected chi connectivity index (χ3v) is 3.94. The van der Waals surface area contributed by atoms with Gasteiger partial charge in [-0.25, -0.2) is 0 Å². The Labute approximate surface area is 134 Å². The lowest BCUT2D eigenvalue weighted by Crippen LogP contribution is -2.50. The molecule has 1 heterocycles. The van der Waals surface area contributed by atoms with Gasteiger partial charge in [0.1, 0.15) is 6.54 Å². The molecule has 23 heavy (non-hydrogen) atoms. The van der Waals surface area contributed by atoms with Crippen molar-refractivity contribution in [1.29, 1.82) is 0 Å². The van der Waals surface area contributed by atoms with Gasteiger partial charge in [-0.3, -0.25) is 9.59 Å². The Balaban J connectivity index is 2.08. The van der Waals surface area contributed by atoms with Crippen molar-refractivity contribution < 1.29 is 19.5 Å².